The van der Waals surface area contributed by atoms with Crippen LogP contribution in [0, 0.1) is 6.92 Å². The Morgan fingerprint density at radius 1 is 0.420 bits per heavy atom. The Labute approximate surface area is 302 Å². The van der Waals surface area contributed by atoms with Crippen LogP contribution >= 0.6 is 0 Å². The summed E-state index contributed by atoms with van der Waals surface area (Å²) in [5, 5.41) is 2.32. The molecule has 0 aliphatic heterocycles. The number of aryl methyl sites for hydroxylation is 1. The lowest BCUT2D eigenvalue weighted by Gasteiger charge is -2.28. The fraction of sp³-hybridized carbons (Fsp3) is 0.0250. The van der Waals surface area contributed by atoms with Gasteiger partial charge >= 0.3 is 0 Å². The number of imidazole rings is 1. The molecule has 0 saturated carbocycles. The standard InChI is InChI=1S/C40H20B8N2/c1-19-49-25-12-5-6-13-26(25)50(19)24-16-14-21(15-17-24)27-29-31(35(43)39(47)37(45)33(29)41)28(32-30(27)34(42)38(46)40(48)36(32)44)23-11-7-10-22(18-23)20-8-3-2-4-9-20/h2-18H,1H3. The van der Waals surface area contributed by atoms with Crippen molar-refractivity contribution in [2.75, 3.05) is 0 Å². The van der Waals surface area contributed by atoms with E-state index in [0.29, 0.717) is 32.7 Å². The summed E-state index contributed by atoms with van der Waals surface area (Å²) < 4.78 is 2.11. The number of hydrogen-bond acceptors (Lipinski definition) is 1. The molecule has 16 radical (unpaired) electrons. The van der Waals surface area contributed by atoms with E-state index in [2.05, 4.69) is 10.6 Å². The summed E-state index contributed by atoms with van der Waals surface area (Å²) in [6.45, 7) is 1.98. The van der Waals surface area contributed by atoms with Gasteiger partial charge in [-0.05, 0) is 92.2 Å². The van der Waals surface area contributed by atoms with Gasteiger partial charge in [0.15, 0.2) is 0 Å². The van der Waals surface area contributed by atoms with Gasteiger partial charge in [-0.25, -0.2) is 4.98 Å². The quantitative estimate of drug-likeness (QED) is 0.214. The zero-order valence-electron chi connectivity index (χ0n) is 27.3. The van der Waals surface area contributed by atoms with Crippen LogP contribution in [0.25, 0.3) is 71.6 Å². The van der Waals surface area contributed by atoms with Crippen molar-refractivity contribution in [3.8, 4) is 39.1 Å². The Kier molecular flexibility index (Phi) is 7.83. The fourth-order valence-electron chi connectivity index (χ4n) is 7.26. The van der Waals surface area contributed by atoms with Gasteiger partial charge in [0.1, 0.15) is 68.6 Å². The van der Waals surface area contributed by atoms with Gasteiger partial charge in [0.05, 0.1) is 11.0 Å². The number of benzene rings is 7. The lowest BCUT2D eigenvalue weighted by Crippen LogP contribution is -2.50. The molecule has 0 aliphatic rings. The van der Waals surface area contributed by atoms with Crippen molar-refractivity contribution in [1.29, 1.82) is 0 Å². The van der Waals surface area contributed by atoms with Crippen LogP contribution in [-0.4, -0.2) is 72.3 Å². The molecule has 0 spiro atoms. The molecule has 8 aromatic rings. The molecule has 0 saturated heterocycles. The third-order valence-corrected chi connectivity index (χ3v) is 9.72. The lowest BCUT2D eigenvalue weighted by atomic mass is 9.59. The normalized spacial score (nSPS) is 11.5. The Hall–Kier alpha value is -4.95. The van der Waals surface area contributed by atoms with Gasteiger partial charge in [-0.15, -0.1) is 21.9 Å². The van der Waals surface area contributed by atoms with Crippen molar-refractivity contribution in [3.63, 3.8) is 0 Å². The van der Waals surface area contributed by atoms with Crippen molar-refractivity contribution >= 4 is 139 Å². The first-order valence-corrected chi connectivity index (χ1v) is 16.1. The molecule has 1 aromatic heterocycles. The van der Waals surface area contributed by atoms with Gasteiger partial charge in [-0.3, -0.25) is 4.57 Å². The van der Waals surface area contributed by atoms with Crippen molar-refractivity contribution in [3.05, 3.63) is 109 Å². The van der Waals surface area contributed by atoms with Gasteiger partial charge in [0, 0.05) is 5.69 Å². The van der Waals surface area contributed by atoms with Crippen molar-refractivity contribution in [2.24, 2.45) is 0 Å². The molecule has 2 nitrogen and oxygen atoms in total. The Morgan fingerprint density at radius 2 is 0.880 bits per heavy atom. The Bertz CT molecular complexity index is 2600. The van der Waals surface area contributed by atoms with Crippen LogP contribution < -0.4 is 43.7 Å². The monoisotopic (exact) mass is 616 g/mol. The highest BCUT2D eigenvalue weighted by Crippen LogP contribution is 2.41. The topological polar surface area (TPSA) is 17.8 Å². The smallest absolute Gasteiger partial charge is 0.113 e. The minimum absolute atomic E-state index is 0.173. The van der Waals surface area contributed by atoms with E-state index >= 15 is 0 Å². The number of nitrogens with zero attached hydrogens (tertiary/aromatic N) is 2. The second-order valence-corrected chi connectivity index (χ2v) is 12.5. The third kappa shape index (κ3) is 4.79. The van der Waals surface area contributed by atoms with Gasteiger partial charge in [-0.2, -0.15) is 0 Å². The first kappa shape index (κ1) is 32.3. The third-order valence-electron chi connectivity index (χ3n) is 9.72. The van der Waals surface area contributed by atoms with Gasteiger partial charge in [0.25, 0.3) is 0 Å². The van der Waals surface area contributed by atoms with Crippen LogP contribution in [0.4, 0.5) is 0 Å². The molecule has 0 bridgehead atoms. The van der Waals surface area contributed by atoms with Crippen LogP contribution in [0.1, 0.15) is 5.82 Å². The van der Waals surface area contributed by atoms with Crippen LogP contribution in [-0.2, 0) is 0 Å². The van der Waals surface area contributed by atoms with E-state index < -0.39 is 0 Å². The summed E-state index contributed by atoms with van der Waals surface area (Å²) in [7, 11) is 54.0. The molecule has 8 rings (SSSR count). The Morgan fingerprint density at radius 3 is 1.44 bits per heavy atom. The summed E-state index contributed by atoms with van der Waals surface area (Å²) >= 11 is 0. The minimum atomic E-state index is 0.173. The first-order chi connectivity index (χ1) is 24.1. The van der Waals surface area contributed by atoms with Crippen LogP contribution in [0.2, 0.25) is 0 Å². The maximum absolute atomic E-state index is 6.93. The zero-order chi connectivity index (χ0) is 35.0. The number of rotatable bonds is 4. The van der Waals surface area contributed by atoms with E-state index in [9.17, 15) is 0 Å². The van der Waals surface area contributed by atoms with Gasteiger partial charge in [0.2, 0.25) is 0 Å². The van der Waals surface area contributed by atoms with E-state index in [0.717, 1.165) is 44.8 Å². The summed E-state index contributed by atoms with van der Waals surface area (Å²) in [6.07, 6.45) is 0. The maximum atomic E-state index is 6.93. The largest absolute Gasteiger partial charge is 0.297 e. The molecule has 7 aromatic carbocycles. The molecule has 0 aliphatic carbocycles. The van der Waals surface area contributed by atoms with Crippen LogP contribution in [0.15, 0.2) is 103 Å². The van der Waals surface area contributed by atoms with E-state index in [1.54, 1.807) is 0 Å². The molecular weight excluding hydrogens is 595 g/mol. The van der Waals surface area contributed by atoms with E-state index in [4.69, 9.17) is 67.8 Å². The highest BCUT2D eigenvalue weighted by Gasteiger charge is 2.25. The second-order valence-electron chi connectivity index (χ2n) is 12.5. The average molecular weight is 615 g/mol. The molecule has 1 heterocycles. The summed E-state index contributed by atoms with van der Waals surface area (Å²) in [5.74, 6) is 0.859. The van der Waals surface area contributed by atoms with Crippen molar-refractivity contribution < 1.29 is 0 Å². The molecular formula is C40H20B8N2. The molecule has 214 valence electrons. The minimum Gasteiger partial charge on any atom is -0.297 e. The lowest BCUT2D eigenvalue weighted by molar-refractivity contribution is 1.00. The Balaban J connectivity index is 1.52. The maximum Gasteiger partial charge on any atom is 0.113 e. The summed E-state index contributed by atoms with van der Waals surface area (Å²) in [4.78, 5) is 4.74. The predicted octanol–water partition coefficient (Wildman–Crippen LogP) is 0.992. The summed E-state index contributed by atoms with van der Waals surface area (Å²) in [6, 6.07) is 34.2. The van der Waals surface area contributed by atoms with Crippen molar-refractivity contribution in [1.82, 2.24) is 9.55 Å². The average Bonchev–Trinajstić information content (AvgIpc) is 3.49. The van der Waals surface area contributed by atoms with Gasteiger partial charge in [-0.1, -0.05) is 94.6 Å². The number of para-hydroxylation sites is 2. The molecule has 0 N–H and O–H groups in total. The number of hydrogen-bond donors (Lipinski definition) is 0. The fourth-order valence-corrected chi connectivity index (χ4v) is 7.26. The van der Waals surface area contributed by atoms with E-state index in [1.807, 2.05) is 104 Å². The first-order valence-electron chi connectivity index (χ1n) is 16.1. The molecule has 50 heavy (non-hydrogen) atoms. The molecule has 0 amide bonds. The van der Waals surface area contributed by atoms with E-state index in [1.165, 1.54) is 0 Å². The van der Waals surface area contributed by atoms with E-state index in [-0.39, 0.29) is 43.7 Å². The highest BCUT2D eigenvalue weighted by atomic mass is 15.1. The van der Waals surface area contributed by atoms with Crippen LogP contribution in [0.3, 0.4) is 0 Å². The van der Waals surface area contributed by atoms with Crippen molar-refractivity contribution in [2.45, 2.75) is 6.92 Å². The molecule has 0 atom stereocenters. The number of fused-ring (bicyclic) bond motifs is 3. The second kappa shape index (κ2) is 12.1. The number of aromatic nitrogens is 2. The molecule has 0 fully saturated rings. The molecule has 0 unspecified atom stereocenters. The van der Waals surface area contributed by atoms with Crippen LogP contribution in [0.5, 0.6) is 0 Å². The zero-order valence-corrected chi connectivity index (χ0v) is 27.3. The SMILES string of the molecule is [B]c1c([B])c([B])c2c(-c3cccc(-c4ccccc4)c3)c3c([B])c([B])c([B])c([B])c3c(-c3ccc(-n4c(C)nc5ccccc54)cc3)c2c1[B]. The van der Waals surface area contributed by atoms with Gasteiger partial charge < -0.3 is 0 Å². The predicted molar refractivity (Wildman–Crippen MR) is 220 cm³/mol. The highest BCUT2D eigenvalue weighted by molar-refractivity contribution is 6.71. The molecule has 10 heteroatoms. The summed E-state index contributed by atoms with van der Waals surface area (Å²) in [5.41, 5.74) is 9.50.